The molecule has 3 rings (SSSR count). The van der Waals surface area contributed by atoms with Gasteiger partial charge in [0, 0.05) is 15.8 Å². The quantitative estimate of drug-likeness (QED) is 0.786. The molecule has 0 bridgehead atoms. The van der Waals surface area contributed by atoms with E-state index in [1.54, 1.807) is 36.4 Å². The topological polar surface area (TPSA) is 74.7 Å². The van der Waals surface area contributed by atoms with E-state index in [0.717, 1.165) is 21.1 Å². The second kappa shape index (κ2) is 6.78. The molecule has 0 saturated carbocycles. The molecule has 1 N–H and O–H groups in total. The monoisotopic (exact) mass is 405 g/mol. The van der Waals surface area contributed by atoms with Crippen molar-refractivity contribution in [2.45, 2.75) is 16.6 Å². The molecule has 0 spiro atoms. The number of anilines is 1. The number of amides is 2. The molecule has 122 valence electrons. The van der Waals surface area contributed by atoms with Crippen LogP contribution in [0.15, 0.2) is 57.9 Å². The number of halogens is 1. The van der Waals surface area contributed by atoms with E-state index in [0.29, 0.717) is 10.6 Å². The van der Waals surface area contributed by atoms with Crippen LogP contribution in [0.2, 0.25) is 0 Å². The molecule has 24 heavy (non-hydrogen) atoms. The van der Waals surface area contributed by atoms with E-state index in [9.17, 15) is 19.5 Å². The van der Waals surface area contributed by atoms with Gasteiger partial charge < -0.3 is 5.11 Å². The van der Waals surface area contributed by atoms with Crippen molar-refractivity contribution >= 4 is 51.2 Å². The summed E-state index contributed by atoms with van der Waals surface area (Å²) in [5.74, 6) is -1.68. The van der Waals surface area contributed by atoms with Gasteiger partial charge in [-0.2, -0.15) is 0 Å². The van der Waals surface area contributed by atoms with E-state index < -0.39 is 11.2 Å². The third kappa shape index (κ3) is 3.22. The van der Waals surface area contributed by atoms with E-state index in [1.165, 1.54) is 6.07 Å². The smallest absolute Gasteiger partial charge is 0.336 e. The van der Waals surface area contributed by atoms with E-state index in [1.807, 2.05) is 6.07 Å². The highest BCUT2D eigenvalue weighted by atomic mass is 79.9. The molecule has 2 aromatic rings. The zero-order chi connectivity index (χ0) is 17.3. The summed E-state index contributed by atoms with van der Waals surface area (Å²) in [5.41, 5.74) is 0.637. The number of hydrogen-bond donors (Lipinski definition) is 1. The number of carbonyl (C=O) groups excluding carboxylic acids is 2. The SMILES string of the molecule is O=C(O)c1ccccc1S[C@H]1CC(=O)N(c2cccc(Br)c2)C1=O. The fourth-order valence-electron chi connectivity index (χ4n) is 2.48. The molecule has 7 heteroatoms. The minimum Gasteiger partial charge on any atom is -0.478 e. The molecule has 0 aromatic heterocycles. The highest BCUT2D eigenvalue weighted by Crippen LogP contribution is 2.36. The van der Waals surface area contributed by atoms with E-state index >= 15 is 0 Å². The zero-order valence-corrected chi connectivity index (χ0v) is 14.7. The summed E-state index contributed by atoms with van der Waals surface area (Å²) in [5, 5.41) is 8.61. The van der Waals surface area contributed by atoms with Crippen LogP contribution in [0.1, 0.15) is 16.8 Å². The number of carbonyl (C=O) groups is 3. The zero-order valence-electron chi connectivity index (χ0n) is 12.3. The Labute approximate surface area is 150 Å². The molecule has 1 heterocycles. The lowest BCUT2D eigenvalue weighted by atomic mass is 10.2. The normalized spacial score (nSPS) is 17.4. The van der Waals surface area contributed by atoms with Crippen LogP contribution in [-0.2, 0) is 9.59 Å². The molecule has 1 aliphatic rings. The molecule has 1 aliphatic heterocycles. The van der Waals surface area contributed by atoms with Crippen molar-refractivity contribution in [1.82, 2.24) is 0 Å². The highest BCUT2D eigenvalue weighted by molar-refractivity contribution is 9.10. The van der Waals surface area contributed by atoms with Crippen LogP contribution in [0.3, 0.4) is 0 Å². The summed E-state index contributed by atoms with van der Waals surface area (Å²) in [6, 6.07) is 13.4. The first-order valence-electron chi connectivity index (χ1n) is 7.08. The fourth-order valence-corrected chi connectivity index (χ4v) is 4.05. The van der Waals surface area contributed by atoms with Gasteiger partial charge in [0.2, 0.25) is 11.8 Å². The third-order valence-corrected chi connectivity index (χ3v) is 5.31. The van der Waals surface area contributed by atoms with Crippen molar-refractivity contribution in [2.75, 3.05) is 4.90 Å². The van der Waals surface area contributed by atoms with Crippen LogP contribution in [0.5, 0.6) is 0 Å². The Kier molecular flexibility index (Phi) is 4.73. The van der Waals surface area contributed by atoms with Gasteiger partial charge >= 0.3 is 5.97 Å². The fraction of sp³-hybridized carbons (Fsp3) is 0.118. The number of carboxylic acid groups (broad SMARTS) is 1. The molecule has 2 amide bonds. The maximum absolute atomic E-state index is 12.6. The molecule has 0 radical (unpaired) electrons. The number of hydrogen-bond acceptors (Lipinski definition) is 4. The lowest BCUT2D eigenvalue weighted by Gasteiger charge is -2.15. The second-order valence-corrected chi connectivity index (χ2v) is 7.32. The Bertz CT molecular complexity index is 839. The molecule has 2 aromatic carbocycles. The summed E-state index contributed by atoms with van der Waals surface area (Å²) in [6.07, 6.45) is 0.0456. The Morgan fingerprint density at radius 3 is 2.62 bits per heavy atom. The van der Waals surface area contributed by atoms with Gasteiger partial charge in [-0.25, -0.2) is 9.69 Å². The molecular formula is C17H12BrNO4S. The number of thioether (sulfide) groups is 1. The van der Waals surface area contributed by atoms with E-state index in [2.05, 4.69) is 15.9 Å². The van der Waals surface area contributed by atoms with E-state index in [4.69, 9.17) is 0 Å². The average Bonchev–Trinajstić information content (AvgIpc) is 2.81. The van der Waals surface area contributed by atoms with Gasteiger partial charge in [-0.1, -0.05) is 34.1 Å². The van der Waals surface area contributed by atoms with Crippen LogP contribution in [0.4, 0.5) is 5.69 Å². The van der Waals surface area contributed by atoms with Gasteiger partial charge in [0.25, 0.3) is 0 Å². The van der Waals surface area contributed by atoms with Crippen molar-refractivity contribution < 1.29 is 19.5 Å². The first kappa shape index (κ1) is 16.7. The number of imide groups is 1. The minimum absolute atomic E-state index is 0.0456. The standard InChI is InChI=1S/C17H12BrNO4S/c18-10-4-3-5-11(8-10)19-15(20)9-14(16(19)21)24-13-7-2-1-6-12(13)17(22)23/h1-8,14H,9H2,(H,22,23)/t14-/m0/s1. The van der Waals surface area contributed by atoms with Crippen LogP contribution >= 0.6 is 27.7 Å². The van der Waals surface area contributed by atoms with Crippen LogP contribution < -0.4 is 4.90 Å². The number of benzene rings is 2. The van der Waals surface area contributed by atoms with Crippen molar-refractivity contribution in [1.29, 1.82) is 0 Å². The first-order chi connectivity index (χ1) is 11.5. The Hall–Kier alpha value is -2.12. The Balaban J connectivity index is 1.86. The molecule has 0 aliphatic carbocycles. The van der Waals surface area contributed by atoms with Gasteiger partial charge in [-0.3, -0.25) is 9.59 Å². The van der Waals surface area contributed by atoms with Gasteiger partial charge in [0.05, 0.1) is 16.5 Å². The molecule has 0 unspecified atom stereocenters. The van der Waals surface area contributed by atoms with Gasteiger partial charge in [-0.15, -0.1) is 11.8 Å². The van der Waals surface area contributed by atoms with Crippen LogP contribution in [0.25, 0.3) is 0 Å². The lowest BCUT2D eigenvalue weighted by Crippen LogP contribution is -2.31. The molecule has 5 nitrogen and oxygen atoms in total. The van der Waals surface area contributed by atoms with E-state index in [-0.39, 0.29) is 23.8 Å². The molecule has 1 saturated heterocycles. The molecule has 1 atom stereocenters. The average molecular weight is 406 g/mol. The number of nitrogens with zero attached hydrogens (tertiary/aromatic N) is 1. The summed E-state index contributed by atoms with van der Waals surface area (Å²) in [7, 11) is 0. The number of rotatable bonds is 4. The van der Waals surface area contributed by atoms with Gasteiger partial charge in [0.1, 0.15) is 0 Å². The lowest BCUT2D eigenvalue weighted by molar-refractivity contribution is -0.121. The van der Waals surface area contributed by atoms with Gasteiger partial charge in [-0.05, 0) is 30.3 Å². The maximum atomic E-state index is 12.6. The summed E-state index contributed by atoms with van der Waals surface area (Å²) >= 11 is 4.44. The van der Waals surface area contributed by atoms with Crippen LogP contribution in [0, 0.1) is 0 Å². The Morgan fingerprint density at radius 2 is 1.92 bits per heavy atom. The third-order valence-electron chi connectivity index (χ3n) is 3.56. The van der Waals surface area contributed by atoms with Crippen molar-refractivity contribution in [3.05, 3.63) is 58.6 Å². The second-order valence-electron chi connectivity index (χ2n) is 5.16. The Morgan fingerprint density at radius 1 is 1.17 bits per heavy atom. The predicted molar refractivity (Wildman–Crippen MR) is 94.3 cm³/mol. The summed E-state index contributed by atoms with van der Waals surface area (Å²) in [6.45, 7) is 0. The minimum atomic E-state index is -1.06. The summed E-state index contributed by atoms with van der Waals surface area (Å²) < 4.78 is 0.771. The first-order valence-corrected chi connectivity index (χ1v) is 8.76. The number of carboxylic acids is 1. The molecule has 1 fully saturated rings. The summed E-state index contributed by atoms with van der Waals surface area (Å²) in [4.78, 5) is 37.8. The van der Waals surface area contributed by atoms with Crippen molar-refractivity contribution in [3.8, 4) is 0 Å². The number of aromatic carboxylic acids is 1. The van der Waals surface area contributed by atoms with Crippen LogP contribution in [-0.4, -0.2) is 28.1 Å². The van der Waals surface area contributed by atoms with Crippen molar-refractivity contribution in [3.63, 3.8) is 0 Å². The largest absolute Gasteiger partial charge is 0.478 e. The predicted octanol–water partition coefficient (Wildman–Crippen LogP) is 3.57. The molecular weight excluding hydrogens is 394 g/mol. The van der Waals surface area contributed by atoms with Crippen molar-refractivity contribution in [2.24, 2.45) is 0 Å². The highest BCUT2D eigenvalue weighted by Gasteiger charge is 2.40. The van der Waals surface area contributed by atoms with Gasteiger partial charge in [0.15, 0.2) is 0 Å². The maximum Gasteiger partial charge on any atom is 0.336 e.